The van der Waals surface area contributed by atoms with Gasteiger partial charge in [0.05, 0.1) is 7.11 Å². The molecule has 1 aliphatic heterocycles. The summed E-state index contributed by atoms with van der Waals surface area (Å²) in [7, 11) is 1.43. The third-order valence-electron chi connectivity index (χ3n) is 2.98. The van der Waals surface area contributed by atoms with Gasteiger partial charge < -0.3 is 15.4 Å². The molecule has 1 aliphatic rings. The zero-order chi connectivity index (χ0) is 11.8. The predicted octanol–water partition coefficient (Wildman–Crippen LogP) is 0.499. The maximum absolute atomic E-state index is 11.2. The summed E-state index contributed by atoms with van der Waals surface area (Å²) >= 11 is 0. The monoisotopic (exact) mass is 229 g/mol. The number of carbonyl (C=O) groups is 1. The fourth-order valence-corrected chi connectivity index (χ4v) is 1.94. The molecule has 0 atom stereocenters. The Morgan fingerprint density at radius 2 is 1.88 bits per heavy atom. The van der Waals surface area contributed by atoms with Crippen LogP contribution in [-0.4, -0.2) is 62.3 Å². The molecule has 1 amide bonds. The van der Waals surface area contributed by atoms with E-state index in [1.807, 2.05) is 0 Å². The highest BCUT2D eigenvalue weighted by Crippen LogP contribution is 2.05. The maximum Gasteiger partial charge on any atom is 0.409 e. The quantitative estimate of drug-likeness (QED) is 0.697. The Labute approximate surface area is 97.5 Å². The molecule has 0 aromatic heterocycles. The van der Waals surface area contributed by atoms with Gasteiger partial charge in [-0.1, -0.05) is 6.42 Å². The number of carbonyl (C=O) groups excluding carboxylic acids is 1. The topological polar surface area (TPSA) is 58.8 Å². The van der Waals surface area contributed by atoms with E-state index >= 15 is 0 Å². The Balaban J connectivity index is 2.10. The second-order valence-electron chi connectivity index (χ2n) is 4.15. The van der Waals surface area contributed by atoms with Crippen LogP contribution in [0.15, 0.2) is 0 Å². The highest BCUT2D eigenvalue weighted by Gasteiger charge is 2.20. The standard InChI is InChI=1S/C11H23N3O2/c1-16-11(15)14-9-7-13(8-10-14)6-4-2-3-5-12/h2-10,12H2,1H3. The minimum absolute atomic E-state index is 0.206. The van der Waals surface area contributed by atoms with E-state index in [9.17, 15) is 4.79 Å². The van der Waals surface area contributed by atoms with Crippen LogP contribution in [0.1, 0.15) is 19.3 Å². The minimum Gasteiger partial charge on any atom is -0.453 e. The van der Waals surface area contributed by atoms with Crippen LogP contribution in [-0.2, 0) is 4.74 Å². The van der Waals surface area contributed by atoms with E-state index in [4.69, 9.17) is 10.5 Å². The number of rotatable bonds is 5. The second-order valence-corrected chi connectivity index (χ2v) is 4.15. The van der Waals surface area contributed by atoms with E-state index < -0.39 is 0 Å². The number of ether oxygens (including phenoxy) is 1. The van der Waals surface area contributed by atoms with Gasteiger partial charge in [0, 0.05) is 26.2 Å². The van der Waals surface area contributed by atoms with Crippen LogP contribution in [0, 0.1) is 0 Å². The van der Waals surface area contributed by atoms with Crippen LogP contribution in [0.3, 0.4) is 0 Å². The van der Waals surface area contributed by atoms with E-state index in [1.165, 1.54) is 20.0 Å². The Morgan fingerprint density at radius 1 is 1.19 bits per heavy atom. The van der Waals surface area contributed by atoms with Crippen LogP contribution in [0.2, 0.25) is 0 Å². The molecule has 1 rings (SSSR count). The fourth-order valence-electron chi connectivity index (χ4n) is 1.94. The summed E-state index contributed by atoms with van der Waals surface area (Å²) in [6, 6.07) is 0. The van der Waals surface area contributed by atoms with Crippen LogP contribution in [0.4, 0.5) is 4.79 Å². The first-order valence-corrected chi connectivity index (χ1v) is 6.03. The van der Waals surface area contributed by atoms with Gasteiger partial charge in [0.2, 0.25) is 0 Å². The lowest BCUT2D eigenvalue weighted by atomic mass is 10.2. The molecule has 0 aliphatic carbocycles. The van der Waals surface area contributed by atoms with Crippen molar-refractivity contribution in [1.82, 2.24) is 9.80 Å². The fraction of sp³-hybridized carbons (Fsp3) is 0.909. The lowest BCUT2D eigenvalue weighted by Gasteiger charge is -2.33. The third kappa shape index (κ3) is 4.37. The SMILES string of the molecule is COC(=O)N1CCN(CCCCCN)CC1. The molecule has 1 fully saturated rings. The normalized spacial score (nSPS) is 17.5. The van der Waals surface area contributed by atoms with Crippen LogP contribution < -0.4 is 5.73 Å². The third-order valence-corrected chi connectivity index (χ3v) is 2.98. The highest BCUT2D eigenvalue weighted by atomic mass is 16.5. The number of unbranched alkanes of at least 4 members (excludes halogenated alkanes) is 2. The molecule has 5 nitrogen and oxygen atoms in total. The predicted molar refractivity (Wildman–Crippen MR) is 63.3 cm³/mol. The molecular formula is C11H23N3O2. The van der Waals surface area contributed by atoms with Gasteiger partial charge in [-0.05, 0) is 25.9 Å². The van der Waals surface area contributed by atoms with Crippen LogP contribution in [0.5, 0.6) is 0 Å². The molecule has 0 saturated carbocycles. The van der Waals surface area contributed by atoms with Gasteiger partial charge in [-0.3, -0.25) is 4.90 Å². The summed E-state index contributed by atoms with van der Waals surface area (Å²) in [5.41, 5.74) is 5.44. The van der Waals surface area contributed by atoms with Crippen molar-refractivity contribution in [2.45, 2.75) is 19.3 Å². The number of methoxy groups -OCH3 is 1. The first-order chi connectivity index (χ1) is 7.77. The summed E-state index contributed by atoms with van der Waals surface area (Å²) in [5.74, 6) is 0. The minimum atomic E-state index is -0.206. The average molecular weight is 229 g/mol. The largest absolute Gasteiger partial charge is 0.453 e. The molecule has 0 radical (unpaired) electrons. The second kappa shape index (κ2) is 7.46. The molecule has 0 spiro atoms. The summed E-state index contributed by atoms with van der Waals surface area (Å²) in [6.45, 7) is 5.38. The zero-order valence-electron chi connectivity index (χ0n) is 10.2. The number of nitrogens with two attached hydrogens (primary N) is 1. The number of hydrogen-bond acceptors (Lipinski definition) is 4. The van der Waals surface area contributed by atoms with Gasteiger partial charge in [0.15, 0.2) is 0 Å². The summed E-state index contributed by atoms with van der Waals surface area (Å²) < 4.78 is 4.69. The van der Waals surface area contributed by atoms with Crippen molar-refractivity contribution in [2.24, 2.45) is 5.73 Å². The van der Waals surface area contributed by atoms with Crippen molar-refractivity contribution in [3.8, 4) is 0 Å². The lowest BCUT2D eigenvalue weighted by Crippen LogP contribution is -2.48. The Bertz CT molecular complexity index is 203. The van der Waals surface area contributed by atoms with E-state index in [1.54, 1.807) is 4.90 Å². The molecule has 0 bridgehead atoms. The molecule has 1 heterocycles. The summed E-state index contributed by atoms with van der Waals surface area (Å²) in [6.07, 6.45) is 3.31. The highest BCUT2D eigenvalue weighted by molar-refractivity contribution is 5.67. The molecular weight excluding hydrogens is 206 g/mol. The molecule has 94 valence electrons. The van der Waals surface area contributed by atoms with Gasteiger partial charge in [-0.15, -0.1) is 0 Å². The van der Waals surface area contributed by atoms with Crippen LogP contribution in [0.25, 0.3) is 0 Å². The summed E-state index contributed by atoms with van der Waals surface area (Å²) in [5, 5.41) is 0. The molecule has 2 N–H and O–H groups in total. The van der Waals surface area contributed by atoms with E-state index in [2.05, 4.69) is 4.90 Å². The van der Waals surface area contributed by atoms with Gasteiger partial charge >= 0.3 is 6.09 Å². The molecule has 0 unspecified atom stereocenters. The molecule has 16 heavy (non-hydrogen) atoms. The molecule has 5 heteroatoms. The van der Waals surface area contributed by atoms with E-state index in [0.717, 1.165) is 45.7 Å². The average Bonchev–Trinajstić information content (AvgIpc) is 2.34. The Morgan fingerprint density at radius 3 is 2.44 bits per heavy atom. The van der Waals surface area contributed by atoms with Crippen molar-refractivity contribution in [3.63, 3.8) is 0 Å². The summed E-state index contributed by atoms with van der Waals surface area (Å²) in [4.78, 5) is 15.4. The van der Waals surface area contributed by atoms with Gasteiger partial charge in [0.25, 0.3) is 0 Å². The van der Waals surface area contributed by atoms with Gasteiger partial charge in [-0.25, -0.2) is 4.79 Å². The van der Waals surface area contributed by atoms with Crippen molar-refractivity contribution in [1.29, 1.82) is 0 Å². The van der Waals surface area contributed by atoms with E-state index in [-0.39, 0.29) is 6.09 Å². The number of nitrogens with zero attached hydrogens (tertiary/aromatic N) is 2. The number of piperazine rings is 1. The Hall–Kier alpha value is -0.810. The van der Waals surface area contributed by atoms with Crippen molar-refractivity contribution >= 4 is 6.09 Å². The van der Waals surface area contributed by atoms with Crippen molar-refractivity contribution in [2.75, 3.05) is 46.4 Å². The first kappa shape index (κ1) is 13.3. The molecule has 0 aromatic carbocycles. The van der Waals surface area contributed by atoms with Crippen molar-refractivity contribution < 1.29 is 9.53 Å². The number of hydrogen-bond donors (Lipinski definition) is 1. The molecule has 1 saturated heterocycles. The Kier molecular flexibility index (Phi) is 6.18. The van der Waals surface area contributed by atoms with Gasteiger partial charge in [0.1, 0.15) is 0 Å². The molecule has 0 aromatic rings. The lowest BCUT2D eigenvalue weighted by molar-refractivity contribution is 0.0905. The first-order valence-electron chi connectivity index (χ1n) is 6.03. The van der Waals surface area contributed by atoms with E-state index in [0.29, 0.717) is 0 Å². The zero-order valence-corrected chi connectivity index (χ0v) is 10.2. The van der Waals surface area contributed by atoms with Crippen LogP contribution >= 0.6 is 0 Å². The van der Waals surface area contributed by atoms with Crippen molar-refractivity contribution in [3.05, 3.63) is 0 Å². The maximum atomic E-state index is 11.2. The number of amides is 1. The van der Waals surface area contributed by atoms with Gasteiger partial charge in [-0.2, -0.15) is 0 Å². The smallest absolute Gasteiger partial charge is 0.409 e.